The third-order valence-corrected chi connectivity index (χ3v) is 2.85. The van der Waals surface area contributed by atoms with E-state index in [0.717, 1.165) is 19.3 Å². The SMILES string of the molecule is C=C(C)C(=O)OC(COC1CCCCO1)CC(=O)OC. The van der Waals surface area contributed by atoms with Gasteiger partial charge in [0.2, 0.25) is 0 Å². The molecule has 1 saturated heterocycles. The minimum absolute atomic E-state index is 0.0533. The zero-order valence-corrected chi connectivity index (χ0v) is 12.1. The van der Waals surface area contributed by atoms with Crippen LogP contribution >= 0.6 is 0 Å². The van der Waals surface area contributed by atoms with Crippen molar-refractivity contribution >= 4 is 11.9 Å². The first-order chi connectivity index (χ1) is 9.52. The van der Waals surface area contributed by atoms with Crippen LogP contribution in [0.5, 0.6) is 0 Å². The highest BCUT2D eigenvalue weighted by Crippen LogP contribution is 2.15. The normalized spacial score (nSPS) is 20.0. The van der Waals surface area contributed by atoms with Gasteiger partial charge in [0.15, 0.2) is 6.29 Å². The van der Waals surface area contributed by atoms with Gasteiger partial charge < -0.3 is 18.9 Å². The Morgan fingerprint density at radius 2 is 2.15 bits per heavy atom. The van der Waals surface area contributed by atoms with E-state index in [2.05, 4.69) is 11.3 Å². The van der Waals surface area contributed by atoms with Crippen molar-refractivity contribution < 1.29 is 28.5 Å². The molecule has 0 aromatic carbocycles. The van der Waals surface area contributed by atoms with Crippen LogP contribution in [0.4, 0.5) is 0 Å². The molecule has 2 atom stereocenters. The molecule has 6 heteroatoms. The Labute approximate surface area is 119 Å². The Balaban J connectivity index is 2.45. The summed E-state index contributed by atoms with van der Waals surface area (Å²) in [5.41, 5.74) is 0.272. The van der Waals surface area contributed by atoms with Crippen LogP contribution in [0, 0.1) is 0 Å². The smallest absolute Gasteiger partial charge is 0.333 e. The highest BCUT2D eigenvalue weighted by Gasteiger charge is 2.22. The summed E-state index contributed by atoms with van der Waals surface area (Å²) in [7, 11) is 1.28. The molecule has 6 nitrogen and oxygen atoms in total. The van der Waals surface area contributed by atoms with Gasteiger partial charge in [0, 0.05) is 12.2 Å². The van der Waals surface area contributed by atoms with E-state index in [1.807, 2.05) is 0 Å². The van der Waals surface area contributed by atoms with Crippen LogP contribution in [0.1, 0.15) is 32.6 Å². The van der Waals surface area contributed by atoms with Gasteiger partial charge in [-0.25, -0.2) is 4.79 Å². The van der Waals surface area contributed by atoms with E-state index < -0.39 is 18.0 Å². The van der Waals surface area contributed by atoms with Crippen molar-refractivity contribution in [2.75, 3.05) is 20.3 Å². The summed E-state index contributed by atoms with van der Waals surface area (Å²) in [6.45, 7) is 5.81. The molecule has 1 heterocycles. The molecule has 20 heavy (non-hydrogen) atoms. The lowest BCUT2D eigenvalue weighted by atomic mass is 10.2. The van der Waals surface area contributed by atoms with Crippen LogP contribution in [0.2, 0.25) is 0 Å². The monoisotopic (exact) mass is 286 g/mol. The van der Waals surface area contributed by atoms with Crippen molar-refractivity contribution in [3.05, 3.63) is 12.2 Å². The first kappa shape index (κ1) is 16.7. The zero-order chi connectivity index (χ0) is 15.0. The molecule has 0 radical (unpaired) electrons. The van der Waals surface area contributed by atoms with E-state index in [9.17, 15) is 9.59 Å². The molecule has 114 valence electrons. The van der Waals surface area contributed by atoms with E-state index >= 15 is 0 Å². The maximum atomic E-state index is 11.5. The minimum atomic E-state index is -0.697. The van der Waals surface area contributed by atoms with Gasteiger partial charge in [-0.2, -0.15) is 0 Å². The molecule has 0 amide bonds. The lowest BCUT2D eigenvalue weighted by Gasteiger charge is -2.25. The zero-order valence-electron chi connectivity index (χ0n) is 12.1. The first-order valence-electron chi connectivity index (χ1n) is 6.69. The summed E-state index contributed by atoms with van der Waals surface area (Å²) in [5, 5.41) is 0. The van der Waals surface area contributed by atoms with E-state index in [0.29, 0.717) is 6.61 Å². The maximum Gasteiger partial charge on any atom is 0.333 e. The Hall–Kier alpha value is -1.40. The quantitative estimate of drug-likeness (QED) is 0.523. The van der Waals surface area contributed by atoms with Gasteiger partial charge in [0.25, 0.3) is 0 Å². The third-order valence-electron chi connectivity index (χ3n) is 2.85. The van der Waals surface area contributed by atoms with Gasteiger partial charge in [-0.1, -0.05) is 6.58 Å². The maximum absolute atomic E-state index is 11.5. The number of ether oxygens (including phenoxy) is 4. The lowest BCUT2D eigenvalue weighted by molar-refractivity contribution is -0.186. The molecule has 2 unspecified atom stereocenters. The van der Waals surface area contributed by atoms with Gasteiger partial charge in [-0.15, -0.1) is 0 Å². The summed E-state index contributed by atoms with van der Waals surface area (Å²) in [4.78, 5) is 22.8. The average molecular weight is 286 g/mol. The number of carbonyl (C=O) groups excluding carboxylic acids is 2. The molecule has 0 aromatic rings. The summed E-state index contributed by atoms with van der Waals surface area (Å²) in [5.74, 6) is -1.01. The van der Waals surface area contributed by atoms with E-state index in [1.54, 1.807) is 6.92 Å². The van der Waals surface area contributed by atoms with Crippen molar-refractivity contribution in [2.45, 2.75) is 45.0 Å². The largest absolute Gasteiger partial charge is 0.469 e. The standard InChI is InChI=1S/C14H22O6/c1-10(2)14(16)20-11(8-12(15)17-3)9-19-13-6-4-5-7-18-13/h11,13H,1,4-9H2,2-3H3. The van der Waals surface area contributed by atoms with E-state index in [1.165, 1.54) is 7.11 Å². The Morgan fingerprint density at radius 1 is 1.40 bits per heavy atom. The number of hydrogen-bond donors (Lipinski definition) is 0. The van der Waals surface area contributed by atoms with Crippen LogP contribution in [-0.4, -0.2) is 44.7 Å². The van der Waals surface area contributed by atoms with Gasteiger partial charge in [0.05, 0.1) is 20.1 Å². The van der Waals surface area contributed by atoms with Gasteiger partial charge >= 0.3 is 11.9 Å². The van der Waals surface area contributed by atoms with Crippen molar-refractivity contribution in [3.63, 3.8) is 0 Å². The molecule has 0 N–H and O–H groups in total. The Morgan fingerprint density at radius 3 is 2.70 bits per heavy atom. The van der Waals surface area contributed by atoms with Crippen LogP contribution in [-0.2, 0) is 28.5 Å². The van der Waals surface area contributed by atoms with E-state index in [-0.39, 0.29) is 24.9 Å². The molecule has 0 aromatic heterocycles. The fourth-order valence-corrected chi connectivity index (χ4v) is 1.71. The van der Waals surface area contributed by atoms with Gasteiger partial charge in [-0.05, 0) is 26.2 Å². The lowest BCUT2D eigenvalue weighted by Crippen LogP contribution is -2.31. The molecular formula is C14H22O6. The van der Waals surface area contributed by atoms with Crippen LogP contribution in [0.25, 0.3) is 0 Å². The Bertz CT molecular complexity index is 346. The molecule has 1 aliphatic rings. The predicted molar refractivity (Wildman–Crippen MR) is 70.9 cm³/mol. The second kappa shape index (κ2) is 8.71. The molecular weight excluding hydrogens is 264 g/mol. The summed E-state index contributed by atoms with van der Waals surface area (Å²) in [6.07, 6.45) is 1.82. The first-order valence-corrected chi connectivity index (χ1v) is 6.69. The molecule has 0 saturated carbocycles. The fraction of sp³-hybridized carbons (Fsp3) is 0.714. The second-order valence-corrected chi connectivity index (χ2v) is 4.72. The van der Waals surface area contributed by atoms with Gasteiger partial charge in [0.1, 0.15) is 6.10 Å². The van der Waals surface area contributed by atoms with Crippen molar-refractivity contribution in [2.24, 2.45) is 0 Å². The van der Waals surface area contributed by atoms with Gasteiger partial charge in [-0.3, -0.25) is 4.79 Å². The molecule has 1 aliphatic heterocycles. The van der Waals surface area contributed by atoms with E-state index in [4.69, 9.17) is 14.2 Å². The molecule has 1 rings (SSSR count). The summed E-state index contributed by atoms with van der Waals surface area (Å²) in [6, 6.07) is 0. The number of methoxy groups -OCH3 is 1. The highest BCUT2D eigenvalue weighted by molar-refractivity contribution is 5.87. The number of esters is 2. The third kappa shape index (κ3) is 6.16. The molecule has 0 spiro atoms. The Kier molecular flexibility index (Phi) is 7.25. The second-order valence-electron chi connectivity index (χ2n) is 4.72. The van der Waals surface area contributed by atoms with Crippen LogP contribution < -0.4 is 0 Å². The number of carbonyl (C=O) groups is 2. The predicted octanol–water partition coefficient (Wildman–Crippen LogP) is 1.58. The molecule has 0 aliphatic carbocycles. The summed E-state index contributed by atoms with van der Waals surface area (Å²) < 4.78 is 20.7. The number of hydrogen-bond acceptors (Lipinski definition) is 6. The van der Waals surface area contributed by atoms with Crippen LogP contribution in [0.3, 0.4) is 0 Å². The van der Waals surface area contributed by atoms with Crippen LogP contribution in [0.15, 0.2) is 12.2 Å². The molecule has 1 fully saturated rings. The average Bonchev–Trinajstić information content (AvgIpc) is 2.45. The minimum Gasteiger partial charge on any atom is -0.469 e. The topological polar surface area (TPSA) is 71.1 Å². The van der Waals surface area contributed by atoms with Crippen molar-refractivity contribution in [3.8, 4) is 0 Å². The fourth-order valence-electron chi connectivity index (χ4n) is 1.71. The molecule has 0 bridgehead atoms. The number of rotatable bonds is 7. The summed E-state index contributed by atoms with van der Waals surface area (Å²) >= 11 is 0. The van der Waals surface area contributed by atoms with Crippen molar-refractivity contribution in [1.82, 2.24) is 0 Å². The van der Waals surface area contributed by atoms with Crippen molar-refractivity contribution in [1.29, 1.82) is 0 Å². The highest BCUT2D eigenvalue weighted by atomic mass is 16.7.